The van der Waals surface area contributed by atoms with Crippen molar-refractivity contribution in [2.75, 3.05) is 12.4 Å². The fourth-order valence-electron chi connectivity index (χ4n) is 2.69. The van der Waals surface area contributed by atoms with Crippen LogP contribution in [0, 0.1) is 11.3 Å². The molecule has 1 heterocycles. The van der Waals surface area contributed by atoms with E-state index in [0.29, 0.717) is 11.3 Å². The highest BCUT2D eigenvalue weighted by atomic mass is 16.5. The van der Waals surface area contributed by atoms with Crippen LogP contribution in [0.1, 0.15) is 39.1 Å². The van der Waals surface area contributed by atoms with Crippen molar-refractivity contribution < 1.29 is 19.1 Å². The Morgan fingerprint density at radius 2 is 2.00 bits per heavy atom. The number of nitriles is 1. The van der Waals surface area contributed by atoms with Crippen molar-refractivity contribution in [1.82, 2.24) is 9.88 Å². The number of ether oxygens (including phenoxy) is 1. The Morgan fingerprint density at radius 3 is 2.66 bits per heavy atom. The van der Waals surface area contributed by atoms with Gasteiger partial charge in [0, 0.05) is 12.2 Å². The van der Waals surface area contributed by atoms with E-state index < -0.39 is 24.0 Å². The predicted octanol–water partition coefficient (Wildman–Crippen LogP) is 1.04. The Labute approximate surface area is 165 Å². The van der Waals surface area contributed by atoms with Crippen LogP contribution in [0.3, 0.4) is 0 Å². The lowest BCUT2D eigenvalue weighted by molar-refractivity contribution is -0.116. The maximum atomic E-state index is 12.5. The minimum atomic E-state index is -0.738. The van der Waals surface area contributed by atoms with Crippen LogP contribution in [0.25, 0.3) is 0 Å². The average molecular weight is 394 g/mol. The molecule has 9 nitrogen and oxygen atoms in total. The summed E-state index contributed by atoms with van der Waals surface area (Å²) in [5.74, 6) is -1.62. The molecular weight excluding hydrogens is 376 g/mol. The fraction of sp³-hybridized carbons (Fsp3) is 0.250. The molecule has 0 atom stereocenters. The van der Waals surface area contributed by atoms with Gasteiger partial charge in [-0.15, -0.1) is 0 Å². The maximum absolute atomic E-state index is 12.5. The molecular formula is C20H18N4O5. The first-order chi connectivity index (χ1) is 13.9. The first kappa shape index (κ1) is 19.8. The summed E-state index contributed by atoms with van der Waals surface area (Å²) in [5, 5.41) is 14.6. The molecule has 29 heavy (non-hydrogen) atoms. The molecule has 0 spiro atoms. The van der Waals surface area contributed by atoms with E-state index in [-0.39, 0.29) is 23.1 Å². The maximum Gasteiger partial charge on any atom is 0.339 e. The summed E-state index contributed by atoms with van der Waals surface area (Å²) in [5.41, 5.74) is -0.421. The van der Waals surface area contributed by atoms with E-state index >= 15 is 0 Å². The molecule has 1 saturated carbocycles. The van der Waals surface area contributed by atoms with E-state index in [1.807, 2.05) is 0 Å². The fourth-order valence-corrected chi connectivity index (χ4v) is 2.69. The molecule has 148 valence electrons. The number of carbonyl (C=O) groups is 3. The lowest BCUT2D eigenvalue weighted by atomic mass is 10.1. The van der Waals surface area contributed by atoms with Gasteiger partial charge in [-0.05, 0) is 31.0 Å². The molecule has 1 aromatic carbocycles. The van der Waals surface area contributed by atoms with Crippen molar-refractivity contribution in [1.29, 1.82) is 5.26 Å². The second-order valence-corrected chi connectivity index (χ2v) is 6.52. The molecule has 0 aliphatic heterocycles. The van der Waals surface area contributed by atoms with Gasteiger partial charge in [0.2, 0.25) is 5.91 Å². The van der Waals surface area contributed by atoms with Gasteiger partial charge in [0.25, 0.3) is 11.5 Å². The van der Waals surface area contributed by atoms with E-state index in [4.69, 9.17) is 5.26 Å². The van der Waals surface area contributed by atoms with Gasteiger partial charge >= 0.3 is 5.97 Å². The Bertz CT molecular complexity index is 1080. The van der Waals surface area contributed by atoms with Crippen LogP contribution in [-0.2, 0) is 16.1 Å². The van der Waals surface area contributed by atoms with Gasteiger partial charge < -0.3 is 19.9 Å². The number of anilines is 1. The third-order valence-corrected chi connectivity index (χ3v) is 4.30. The van der Waals surface area contributed by atoms with Crippen LogP contribution in [0.2, 0.25) is 0 Å². The molecule has 2 aromatic rings. The molecule has 1 aliphatic rings. The molecule has 2 amide bonds. The quantitative estimate of drug-likeness (QED) is 0.704. The van der Waals surface area contributed by atoms with Gasteiger partial charge in [0.1, 0.15) is 18.2 Å². The smallest absolute Gasteiger partial charge is 0.339 e. The van der Waals surface area contributed by atoms with Crippen molar-refractivity contribution in [2.45, 2.75) is 25.4 Å². The van der Waals surface area contributed by atoms with E-state index in [2.05, 4.69) is 15.4 Å². The topological polar surface area (TPSA) is 130 Å². The number of rotatable bonds is 6. The normalized spacial score (nSPS) is 12.6. The summed E-state index contributed by atoms with van der Waals surface area (Å²) >= 11 is 0. The van der Waals surface area contributed by atoms with Crippen molar-refractivity contribution >= 4 is 23.5 Å². The number of nitrogens with one attached hydrogen (secondary N) is 2. The summed E-state index contributed by atoms with van der Waals surface area (Å²) in [6, 6.07) is 9.49. The van der Waals surface area contributed by atoms with Crippen LogP contribution >= 0.6 is 0 Å². The van der Waals surface area contributed by atoms with Gasteiger partial charge in [0.15, 0.2) is 0 Å². The Balaban J connectivity index is 1.81. The van der Waals surface area contributed by atoms with Crippen molar-refractivity contribution in [3.05, 3.63) is 63.6 Å². The van der Waals surface area contributed by atoms with Gasteiger partial charge in [-0.3, -0.25) is 14.4 Å². The summed E-state index contributed by atoms with van der Waals surface area (Å²) < 4.78 is 5.55. The predicted molar refractivity (Wildman–Crippen MR) is 102 cm³/mol. The Kier molecular flexibility index (Phi) is 5.74. The average Bonchev–Trinajstić information content (AvgIpc) is 3.53. The number of amides is 2. The van der Waals surface area contributed by atoms with E-state index in [1.165, 1.54) is 7.11 Å². The molecule has 1 fully saturated rings. The third kappa shape index (κ3) is 4.68. The SMILES string of the molecule is COC(=O)c1cc(C#N)c(=O)n(CC(=O)Nc2ccccc2C(=O)NC2CC2)c1. The Morgan fingerprint density at radius 1 is 1.28 bits per heavy atom. The van der Waals surface area contributed by atoms with E-state index in [9.17, 15) is 19.2 Å². The molecule has 0 radical (unpaired) electrons. The molecule has 0 unspecified atom stereocenters. The molecule has 9 heteroatoms. The largest absolute Gasteiger partial charge is 0.465 e. The van der Waals surface area contributed by atoms with Gasteiger partial charge in [0.05, 0.1) is 23.9 Å². The number of para-hydroxylation sites is 1. The van der Waals surface area contributed by atoms with Gasteiger partial charge in [-0.1, -0.05) is 12.1 Å². The molecule has 0 bridgehead atoms. The third-order valence-electron chi connectivity index (χ3n) is 4.30. The Hall–Kier alpha value is -3.93. The highest BCUT2D eigenvalue weighted by Gasteiger charge is 2.25. The highest BCUT2D eigenvalue weighted by Crippen LogP contribution is 2.21. The highest BCUT2D eigenvalue weighted by molar-refractivity contribution is 6.04. The first-order valence-electron chi connectivity index (χ1n) is 8.85. The number of methoxy groups -OCH3 is 1. The van der Waals surface area contributed by atoms with Crippen molar-refractivity contribution in [3.63, 3.8) is 0 Å². The van der Waals surface area contributed by atoms with E-state index in [1.54, 1.807) is 30.3 Å². The number of benzene rings is 1. The summed E-state index contributed by atoms with van der Waals surface area (Å²) in [6.45, 7) is -0.447. The number of nitrogens with zero attached hydrogens (tertiary/aromatic N) is 2. The monoisotopic (exact) mass is 394 g/mol. The minimum Gasteiger partial charge on any atom is -0.465 e. The van der Waals surface area contributed by atoms with Crippen molar-refractivity contribution in [2.24, 2.45) is 0 Å². The first-order valence-corrected chi connectivity index (χ1v) is 8.85. The summed E-state index contributed by atoms with van der Waals surface area (Å²) in [4.78, 5) is 48.9. The lowest BCUT2D eigenvalue weighted by Crippen LogP contribution is -2.31. The number of pyridine rings is 1. The minimum absolute atomic E-state index is 0.0272. The number of hydrogen-bond acceptors (Lipinski definition) is 6. The number of carbonyl (C=O) groups excluding carboxylic acids is 3. The van der Waals surface area contributed by atoms with Crippen LogP contribution in [0.15, 0.2) is 41.3 Å². The molecule has 1 aromatic heterocycles. The van der Waals surface area contributed by atoms with E-state index in [0.717, 1.165) is 29.7 Å². The number of aromatic nitrogens is 1. The molecule has 1 aliphatic carbocycles. The second-order valence-electron chi connectivity index (χ2n) is 6.52. The lowest BCUT2D eigenvalue weighted by Gasteiger charge is -2.12. The van der Waals surface area contributed by atoms with Gasteiger partial charge in [-0.25, -0.2) is 4.79 Å². The van der Waals surface area contributed by atoms with Crippen LogP contribution in [-0.4, -0.2) is 35.5 Å². The zero-order valence-electron chi connectivity index (χ0n) is 15.6. The van der Waals surface area contributed by atoms with Crippen LogP contribution in [0.5, 0.6) is 0 Å². The van der Waals surface area contributed by atoms with Crippen molar-refractivity contribution in [3.8, 4) is 6.07 Å². The second kappa shape index (κ2) is 8.39. The zero-order chi connectivity index (χ0) is 21.0. The van der Waals surface area contributed by atoms with Crippen LogP contribution in [0.4, 0.5) is 5.69 Å². The van der Waals surface area contributed by atoms with Gasteiger partial charge in [-0.2, -0.15) is 5.26 Å². The zero-order valence-corrected chi connectivity index (χ0v) is 15.6. The molecule has 3 rings (SSSR count). The molecule has 2 N–H and O–H groups in total. The standard InChI is InChI=1S/C20H18N4O5/c1-29-20(28)13-8-12(9-21)19(27)24(10-13)11-17(25)23-16-5-3-2-4-15(16)18(26)22-14-6-7-14/h2-5,8,10,14H,6-7,11H2,1H3,(H,22,26)(H,23,25). The number of esters is 1. The van der Waals surface area contributed by atoms with Crippen LogP contribution < -0.4 is 16.2 Å². The summed E-state index contributed by atoms with van der Waals surface area (Å²) in [7, 11) is 1.17. The molecule has 0 saturated heterocycles. The summed E-state index contributed by atoms with van der Waals surface area (Å²) in [6.07, 6.45) is 3.02. The number of hydrogen-bond donors (Lipinski definition) is 2.